The summed E-state index contributed by atoms with van der Waals surface area (Å²) in [4.78, 5) is 0. The molecular formula is C12H25NO. The molecule has 0 aromatic heterocycles. The maximum atomic E-state index is 5.42. The van der Waals surface area contributed by atoms with Gasteiger partial charge in [0, 0.05) is 13.2 Å². The highest BCUT2D eigenvalue weighted by molar-refractivity contribution is 4.78. The van der Waals surface area contributed by atoms with E-state index in [1.165, 1.54) is 12.8 Å². The lowest BCUT2D eigenvalue weighted by molar-refractivity contribution is 0.00688. The molecule has 84 valence electrons. The molecule has 2 nitrogen and oxygen atoms in total. The molecule has 0 aromatic rings. The predicted octanol–water partition coefficient (Wildman–Crippen LogP) is 2.75. The molecule has 1 unspecified atom stereocenters. The van der Waals surface area contributed by atoms with Gasteiger partial charge in [-0.05, 0) is 46.6 Å². The van der Waals surface area contributed by atoms with Crippen molar-refractivity contribution < 1.29 is 4.74 Å². The zero-order valence-electron chi connectivity index (χ0n) is 10.1. The number of methoxy groups -OCH3 is 1. The van der Waals surface area contributed by atoms with Gasteiger partial charge in [-0.1, -0.05) is 6.08 Å². The van der Waals surface area contributed by atoms with Gasteiger partial charge in [-0.15, -0.1) is 6.58 Å². The quantitative estimate of drug-likeness (QED) is 0.479. The Bertz CT molecular complexity index is 154. The second-order valence-corrected chi connectivity index (χ2v) is 4.37. The van der Waals surface area contributed by atoms with Gasteiger partial charge in [-0.25, -0.2) is 0 Å². The first-order valence-electron chi connectivity index (χ1n) is 5.39. The average Bonchev–Trinajstić information content (AvgIpc) is 2.16. The normalized spacial score (nSPS) is 14.0. The van der Waals surface area contributed by atoms with E-state index < -0.39 is 0 Å². The number of ether oxygens (including phenoxy) is 1. The van der Waals surface area contributed by atoms with Crippen LogP contribution in [0, 0.1) is 0 Å². The van der Waals surface area contributed by atoms with Gasteiger partial charge in [-0.2, -0.15) is 0 Å². The highest BCUT2D eigenvalue weighted by Gasteiger charge is 2.21. The van der Waals surface area contributed by atoms with Gasteiger partial charge < -0.3 is 10.1 Å². The Hall–Kier alpha value is -0.340. The number of unbranched alkanes of at least 4 members (excludes halogenated alkanes) is 1. The van der Waals surface area contributed by atoms with Gasteiger partial charge in [-0.3, -0.25) is 0 Å². The lowest BCUT2D eigenvalue weighted by Crippen LogP contribution is -2.35. The molecule has 0 spiro atoms. The summed E-state index contributed by atoms with van der Waals surface area (Å²) in [5, 5.41) is 3.34. The van der Waals surface area contributed by atoms with Gasteiger partial charge in [0.2, 0.25) is 0 Å². The van der Waals surface area contributed by atoms with E-state index in [1.54, 1.807) is 7.11 Å². The summed E-state index contributed by atoms with van der Waals surface area (Å²) in [6.45, 7) is 7.99. The average molecular weight is 199 g/mol. The molecule has 0 aliphatic carbocycles. The summed E-state index contributed by atoms with van der Waals surface area (Å²) < 4.78 is 5.42. The molecule has 0 bridgehead atoms. The first-order chi connectivity index (χ1) is 6.55. The van der Waals surface area contributed by atoms with Gasteiger partial charge in [0.15, 0.2) is 0 Å². The van der Waals surface area contributed by atoms with Crippen LogP contribution in [0.3, 0.4) is 0 Å². The van der Waals surface area contributed by atoms with E-state index in [4.69, 9.17) is 4.74 Å². The maximum absolute atomic E-state index is 5.42. The fourth-order valence-electron chi connectivity index (χ4n) is 1.53. The number of hydrogen-bond donors (Lipinski definition) is 1. The third-order valence-corrected chi connectivity index (χ3v) is 2.66. The molecule has 0 aliphatic rings. The van der Waals surface area contributed by atoms with Crippen molar-refractivity contribution in [2.75, 3.05) is 14.2 Å². The number of rotatable bonds is 8. The van der Waals surface area contributed by atoms with Crippen LogP contribution in [0.1, 0.15) is 39.5 Å². The summed E-state index contributed by atoms with van der Waals surface area (Å²) >= 11 is 0. The first-order valence-corrected chi connectivity index (χ1v) is 5.39. The Morgan fingerprint density at radius 2 is 2.14 bits per heavy atom. The van der Waals surface area contributed by atoms with Crippen molar-refractivity contribution in [1.82, 2.24) is 5.32 Å². The zero-order valence-corrected chi connectivity index (χ0v) is 10.1. The van der Waals surface area contributed by atoms with Gasteiger partial charge in [0.05, 0.1) is 5.60 Å². The summed E-state index contributed by atoms with van der Waals surface area (Å²) in [6.07, 6.45) is 6.53. The Morgan fingerprint density at radius 1 is 1.50 bits per heavy atom. The van der Waals surface area contributed by atoms with Crippen molar-refractivity contribution in [3.05, 3.63) is 12.7 Å². The van der Waals surface area contributed by atoms with Gasteiger partial charge >= 0.3 is 0 Å². The zero-order chi connectivity index (χ0) is 11.0. The Balaban J connectivity index is 3.83. The molecule has 0 aliphatic heterocycles. The third kappa shape index (κ3) is 6.17. The van der Waals surface area contributed by atoms with Crippen LogP contribution < -0.4 is 5.32 Å². The van der Waals surface area contributed by atoms with Crippen molar-refractivity contribution in [3.63, 3.8) is 0 Å². The highest BCUT2D eigenvalue weighted by Crippen LogP contribution is 2.18. The predicted molar refractivity (Wildman–Crippen MR) is 62.6 cm³/mol. The molecule has 1 atom stereocenters. The van der Waals surface area contributed by atoms with Crippen LogP contribution in [0.25, 0.3) is 0 Å². The lowest BCUT2D eigenvalue weighted by Gasteiger charge is -2.28. The highest BCUT2D eigenvalue weighted by atomic mass is 16.5. The van der Waals surface area contributed by atoms with E-state index in [2.05, 4.69) is 25.7 Å². The van der Waals surface area contributed by atoms with Crippen LogP contribution >= 0.6 is 0 Å². The van der Waals surface area contributed by atoms with Crippen molar-refractivity contribution in [3.8, 4) is 0 Å². The topological polar surface area (TPSA) is 21.3 Å². The fraction of sp³-hybridized carbons (Fsp3) is 0.833. The summed E-state index contributed by atoms with van der Waals surface area (Å²) in [5.74, 6) is 0. The molecule has 2 heteroatoms. The second-order valence-electron chi connectivity index (χ2n) is 4.37. The molecule has 14 heavy (non-hydrogen) atoms. The molecule has 0 aromatic carbocycles. The van der Waals surface area contributed by atoms with Crippen LogP contribution in [0.15, 0.2) is 12.7 Å². The Labute approximate surface area is 88.7 Å². The van der Waals surface area contributed by atoms with Gasteiger partial charge in [0.1, 0.15) is 0 Å². The Kier molecular flexibility index (Phi) is 6.85. The van der Waals surface area contributed by atoms with Crippen molar-refractivity contribution >= 4 is 0 Å². The molecule has 0 radical (unpaired) electrons. The largest absolute Gasteiger partial charge is 0.379 e. The van der Waals surface area contributed by atoms with Crippen LogP contribution in [0.5, 0.6) is 0 Å². The Morgan fingerprint density at radius 3 is 2.57 bits per heavy atom. The van der Waals surface area contributed by atoms with E-state index in [9.17, 15) is 0 Å². The minimum Gasteiger partial charge on any atom is -0.379 e. The smallest absolute Gasteiger partial charge is 0.0637 e. The summed E-state index contributed by atoms with van der Waals surface area (Å²) in [7, 11) is 3.79. The van der Waals surface area contributed by atoms with E-state index >= 15 is 0 Å². The van der Waals surface area contributed by atoms with Crippen LogP contribution in [0.4, 0.5) is 0 Å². The number of allylic oxidation sites excluding steroid dienone is 1. The second kappa shape index (κ2) is 7.02. The van der Waals surface area contributed by atoms with Crippen molar-refractivity contribution in [2.45, 2.75) is 51.2 Å². The molecule has 0 rings (SSSR count). The monoisotopic (exact) mass is 199 g/mol. The van der Waals surface area contributed by atoms with Crippen LogP contribution in [0.2, 0.25) is 0 Å². The summed E-state index contributed by atoms with van der Waals surface area (Å²) in [5.41, 5.74) is -0.0259. The van der Waals surface area contributed by atoms with Crippen LogP contribution in [-0.2, 0) is 4.74 Å². The molecular weight excluding hydrogens is 174 g/mol. The standard InChI is InChI=1S/C12H25NO/c1-6-7-8-9-11(13-4)10-12(2,3)14-5/h6,11,13H,1,7-10H2,2-5H3. The summed E-state index contributed by atoms with van der Waals surface area (Å²) in [6, 6.07) is 0.546. The van der Waals surface area contributed by atoms with E-state index in [0.29, 0.717) is 6.04 Å². The fourth-order valence-corrected chi connectivity index (χ4v) is 1.53. The van der Waals surface area contributed by atoms with E-state index in [0.717, 1.165) is 12.8 Å². The van der Waals surface area contributed by atoms with Crippen molar-refractivity contribution in [2.24, 2.45) is 0 Å². The minimum atomic E-state index is -0.0259. The van der Waals surface area contributed by atoms with E-state index in [1.807, 2.05) is 13.1 Å². The third-order valence-electron chi connectivity index (χ3n) is 2.66. The maximum Gasteiger partial charge on any atom is 0.0637 e. The molecule has 1 N–H and O–H groups in total. The van der Waals surface area contributed by atoms with Crippen molar-refractivity contribution in [1.29, 1.82) is 0 Å². The minimum absolute atomic E-state index is 0.0259. The molecule has 0 fully saturated rings. The molecule has 0 amide bonds. The lowest BCUT2D eigenvalue weighted by atomic mass is 9.95. The first kappa shape index (κ1) is 13.7. The van der Waals surface area contributed by atoms with E-state index in [-0.39, 0.29) is 5.60 Å². The molecule has 0 heterocycles. The molecule has 0 saturated heterocycles. The SMILES string of the molecule is C=CCCCC(CC(C)(C)OC)NC. The van der Waals surface area contributed by atoms with Gasteiger partial charge in [0.25, 0.3) is 0 Å². The number of nitrogens with one attached hydrogen (secondary N) is 1. The van der Waals surface area contributed by atoms with Crippen LogP contribution in [-0.4, -0.2) is 25.8 Å². The molecule has 0 saturated carbocycles. The number of hydrogen-bond acceptors (Lipinski definition) is 2.